The van der Waals surface area contributed by atoms with E-state index in [0.717, 1.165) is 51.6 Å². The Morgan fingerprint density at radius 3 is 2.45 bits per heavy atom. The first kappa shape index (κ1) is 21.2. The summed E-state index contributed by atoms with van der Waals surface area (Å²) in [6.07, 6.45) is 1.67. The number of carbonyl (C=O) groups excluding carboxylic acids is 1. The van der Waals surface area contributed by atoms with E-state index >= 15 is 0 Å². The molecule has 2 fully saturated rings. The number of benzene rings is 2. The van der Waals surface area contributed by atoms with E-state index in [1.807, 2.05) is 4.90 Å². The highest BCUT2D eigenvalue weighted by molar-refractivity contribution is 5.80. The summed E-state index contributed by atoms with van der Waals surface area (Å²) in [5, 5.41) is 3.46. The van der Waals surface area contributed by atoms with E-state index in [1.165, 1.54) is 16.8 Å². The van der Waals surface area contributed by atoms with Gasteiger partial charge in [0.15, 0.2) is 5.96 Å². The van der Waals surface area contributed by atoms with E-state index in [0.29, 0.717) is 19.5 Å². The Kier molecular flexibility index (Phi) is 7.07. The van der Waals surface area contributed by atoms with E-state index in [2.05, 4.69) is 76.6 Å². The van der Waals surface area contributed by atoms with Crippen LogP contribution >= 0.6 is 0 Å². The minimum Gasteiger partial charge on any atom is -0.368 e. The van der Waals surface area contributed by atoms with Gasteiger partial charge in [-0.1, -0.05) is 42.5 Å². The predicted octanol–water partition coefficient (Wildman–Crippen LogP) is 3.10. The van der Waals surface area contributed by atoms with Crippen LogP contribution in [0.1, 0.15) is 30.9 Å². The number of aliphatic imine (C=N–C) groups is 1. The third-order valence-corrected chi connectivity index (χ3v) is 5.98. The fraction of sp³-hybridized carbons (Fsp3) is 0.440. The molecule has 2 aromatic carbocycles. The lowest BCUT2D eigenvalue weighted by molar-refractivity contribution is -0.128. The second-order valence-corrected chi connectivity index (χ2v) is 8.22. The Morgan fingerprint density at radius 1 is 0.968 bits per heavy atom. The lowest BCUT2D eigenvalue weighted by atomic mass is 10.1. The zero-order chi connectivity index (χ0) is 21.5. The molecule has 0 spiro atoms. The highest BCUT2D eigenvalue weighted by Gasteiger charge is 2.21. The van der Waals surface area contributed by atoms with Crippen LogP contribution in [-0.2, 0) is 17.9 Å². The van der Waals surface area contributed by atoms with Gasteiger partial charge in [-0.25, -0.2) is 4.99 Å². The van der Waals surface area contributed by atoms with Crippen LogP contribution in [0.25, 0.3) is 0 Å². The fourth-order valence-corrected chi connectivity index (χ4v) is 4.33. The summed E-state index contributed by atoms with van der Waals surface area (Å²) in [5.41, 5.74) is 3.66. The minimum atomic E-state index is 0.271. The van der Waals surface area contributed by atoms with E-state index in [-0.39, 0.29) is 5.91 Å². The van der Waals surface area contributed by atoms with Crippen molar-refractivity contribution in [3.05, 3.63) is 65.7 Å². The first-order chi connectivity index (χ1) is 15.2. The first-order valence-electron chi connectivity index (χ1n) is 11.4. The summed E-state index contributed by atoms with van der Waals surface area (Å²) in [4.78, 5) is 23.6. The molecule has 2 aromatic rings. The average molecular weight is 420 g/mol. The van der Waals surface area contributed by atoms with Crippen LogP contribution in [0.2, 0.25) is 0 Å². The van der Waals surface area contributed by atoms with Gasteiger partial charge in [0, 0.05) is 57.9 Å². The van der Waals surface area contributed by atoms with Gasteiger partial charge in [-0.3, -0.25) is 4.79 Å². The number of nitrogens with zero attached hydrogens (tertiary/aromatic N) is 4. The number of rotatable bonds is 6. The van der Waals surface area contributed by atoms with Crippen LogP contribution in [-0.4, -0.2) is 60.9 Å². The molecular formula is C25H33N5O. The molecule has 0 aromatic heterocycles. The molecule has 0 saturated carbocycles. The topological polar surface area (TPSA) is 51.2 Å². The number of hydrogen-bond donors (Lipinski definition) is 1. The monoisotopic (exact) mass is 419 g/mol. The average Bonchev–Trinajstić information content (AvgIpc) is 3.22. The van der Waals surface area contributed by atoms with Gasteiger partial charge < -0.3 is 20.0 Å². The van der Waals surface area contributed by atoms with Crippen molar-refractivity contribution in [1.29, 1.82) is 0 Å². The van der Waals surface area contributed by atoms with Crippen molar-refractivity contribution in [3.8, 4) is 0 Å². The van der Waals surface area contributed by atoms with Crippen LogP contribution in [0.3, 0.4) is 0 Å². The molecule has 0 atom stereocenters. The van der Waals surface area contributed by atoms with Crippen molar-refractivity contribution in [1.82, 2.24) is 15.1 Å². The number of likely N-dealkylation sites (tertiary alicyclic amines) is 1. The van der Waals surface area contributed by atoms with Crippen molar-refractivity contribution in [3.63, 3.8) is 0 Å². The van der Waals surface area contributed by atoms with Crippen LogP contribution in [0.5, 0.6) is 0 Å². The molecule has 2 heterocycles. The molecule has 6 heteroatoms. The molecule has 164 valence electrons. The van der Waals surface area contributed by atoms with Crippen molar-refractivity contribution < 1.29 is 4.79 Å². The number of guanidine groups is 1. The summed E-state index contributed by atoms with van der Waals surface area (Å²) in [6.45, 7) is 9.09. The lowest BCUT2D eigenvalue weighted by Crippen LogP contribution is -2.52. The zero-order valence-corrected chi connectivity index (χ0v) is 18.5. The highest BCUT2D eigenvalue weighted by atomic mass is 16.2. The van der Waals surface area contributed by atoms with Gasteiger partial charge in [0.2, 0.25) is 5.91 Å². The van der Waals surface area contributed by atoms with E-state index in [1.54, 1.807) is 0 Å². The number of carbonyl (C=O) groups is 1. The van der Waals surface area contributed by atoms with Crippen molar-refractivity contribution >= 4 is 17.6 Å². The van der Waals surface area contributed by atoms with Gasteiger partial charge in [0.05, 0.1) is 6.54 Å². The molecule has 2 aliphatic heterocycles. The fourth-order valence-electron chi connectivity index (χ4n) is 4.33. The quantitative estimate of drug-likeness (QED) is 0.578. The van der Waals surface area contributed by atoms with Crippen molar-refractivity contribution in [2.75, 3.05) is 44.2 Å². The lowest BCUT2D eigenvalue weighted by Gasteiger charge is -2.37. The highest BCUT2D eigenvalue weighted by Crippen LogP contribution is 2.17. The second-order valence-electron chi connectivity index (χ2n) is 8.22. The largest absolute Gasteiger partial charge is 0.368 e. The molecule has 0 unspecified atom stereocenters. The molecule has 6 nitrogen and oxygen atoms in total. The van der Waals surface area contributed by atoms with Gasteiger partial charge in [-0.15, -0.1) is 0 Å². The van der Waals surface area contributed by atoms with E-state index in [9.17, 15) is 4.79 Å². The van der Waals surface area contributed by atoms with Gasteiger partial charge in [-0.2, -0.15) is 0 Å². The van der Waals surface area contributed by atoms with E-state index < -0.39 is 0 Å². The number of anilines is 1. The smallest absolute Gasteiger partial charge is 0.222 e. The van der Waals surface area contributed by atoms with Crippen LogP contribution in [0, 0.1) is 0 Å². The maximum Gasteiger partial charge on any atom is 0.222 e. The molecular weight excluding hydrogens is 386 g/mol. The predicted molar refractivity (Wildman–Crippen MR) is 126 cm³/mol. The summed E-state index contributed by atoms with van der Waals surface area (Å²) >= 11 is 0. The zero-order valence-electron chi connectivity index (χ0n) is 18.5. The van der Waals surface area contributed by atoms with Gasteiger partial charge in [0.1, 0.15) is 0 Å². The van der Waals surface area contributed by atoms with Gasteiger partial charge >= 0.3 is 0 Å². The standard InChI is InChI=1S/C25H33N5O/c1-2-26-25(29-16-14-28(15-17-29)23-10-4-3-5-11-23)27-19-21-8-6-9-22(18-21)20-30-13-7-12-24(30)31/h3-6,8-11,18H,2,7,12-17,19-20H2,1H3,(H,26,27). The molecule has 1 N–H and O–H groups in total. The first-order valence-corrected chi connectivity index (χ1v) is 11.4. The Balaban J connectivity index is 1.37. The maximum atomic E-state index is 11.9. The molecule has 0 aliphatic carbocycles. The molecule has 1 amide bonds. The summed E-state index contributed by atoms with van der Waals surface area (Å²) < 4.78 is 0. The summed E-state index contributed by atoms with van der Waals surface area (Å²) in [7, 11) is 0. The number of nitrogens with one attached hydrogen (secondary N) is 1. The van der Waals surface area contributed by atoms with Crippen LogP contribution < -0.4 is 10.2 Å². The Morgan fingerprint density at radius 2 is 1.74 bits per heavy atom. The molecule has 2 saturated heterocycles. The van der Waals surface area contributed by atoms with Gasteiger partial charge in [0.25, 0.3) is 0 Å². The molecule has 4 rings (SSSR count). The third kappa shape index (κ3) is 5.57. The van der Waals surface area contributed by atoms with Crippen LogP contribution in [0.4, 0.5) is 5.69 Å². The summed E-state index contributed by atoms with van der Waals surface area (Å²) in [5.74, 6) is 1.25. The normalized spacial score (nSPS) is 17.4. The Labute approximate surface area is 185 Å². The van der Waals surface area contributed by atoms with E-state index in [4.69, 9.17) is 4.99 Å². The number of hydrogen-bond acceptors (Lipinski definition) is 3. The molecule has 0 bridgehead atoms. The Bertz CT molecular complexity index is 890. The molecule has 2 aliphatic rings. The minimum absolute atomic E-state index is 0.271. The number of piperazine rings is 1. The maximum absolute atomic E-state index is 11.9. The SMILES string of the molecule is CCNC(=NCc1cccc(CN2CCCC2=O)c1)N1CCN(c2ccccc2)CC1. The Hall–Kier alpha value is -3.02. The van der Waals surface area contributed by atoms with Crippen molar-refractivity contribution in [2.24, 2.45) is 4.99 Å². The second kappa shape index (κ2) is 10.3. The molecule has 0 radical (unpaired) electrons. The third-order valence-electron chi connectivity index (χ3n) is 5.98. The number of amides is 1. The molecule has 31 heavy (non-hydrogen) atoms. The number of para-hydroxylation sites is 1. The van der Waals surface area contributed by atoms with Gasteiger partial charge in [-0.05, 0) is 36.6 Å². The summed E-state index contributed by atoms with van der Waals surface area (Å²) in [6, 6.07) is 19.1. The van der Waals surface area contributed by atoms with Crippen molar-refractivity contribution in [2.45, 2.75) is 32.9 Å². The van der Waals surface area contributed by atoms with Crippen LogP contribution in [0.15, 0.2) is 59.6 Å².